The first-order valence-electron chi connectivity index (χ1n) is 10.8. The predicted molar refractivity (Wildman–Crippen MR) is 138 cm³/mol. The number of pyridine rings is 1. The number of para-hydroxylation sites is 1. The lowest BCUT2D eigenvalue weighted by Crippen LogP contribution is -2.35. The average Bonchev–Trinajstić information content (AvgIpc) is 3.32. The standard InChI is InChI=1S/C25H19Cl2FN6O3/c1-29-22(35)13-31-25(37)20-12-21(34(33-20)14-6-3-2-4-7-14)32-24(36)16-10-15(17(26)11-18(16)27)23-19(28)8-5-9-30-23/h2-12H,13H2,1H3,(H,29,35)(H,31,37)(H,32,36). The first kappa shape index (κ1) is 25.8. The number of likely N-dealkylation sites (N-methyl/N-ethyl adjacent to an activating group) is 1. The molecule has 0 aliphatic carbocycles. The summed E-state index contributed by atoms with van der Waals surface area (Å²) in [7, 11) is 1.45. The molecule has 0 saturated carbocycles. The third-order valence-corrected chi connectivity index (χ3v) is 5.81. The van der Waals surface area contributed by atoms with Gasteiger partial charge in [0.1, 0.15) is 17.3 Å². The summed E-state index contributed by atoms with van der Waals surface area (Å²) in [6, 6.07) is 15.5. The van der Waals surface area contributed by atoms with Crippen molar-refractivity contribution in [3.05, 3.63) is 94.0 Å². The Hall–Kier alpha value is -4.28. The number of aromatic nitrogens is 3. The van der Waals surface area contributed by atoms with Gasteiger partial charge in [-0.2, -0.15) is 5.10 Å². The van der Waals surface area contributed by atoms with E-state index in [-0.39, 0.29) is 50.8 Å². The van der Waals surface area contributed by atoms with E-state index in [9.17, 15) is 18.8 Å². The van der Waals surface area contributed by atoms with Crippen LogP contribution in [0.5, 0.6) is 0 Å². The number of rotatable bonds is 7. The van der Waals surface area contributed by atoms with E-state index in [1.807, 2.05) is 0 Å². The van der Waals surface area contributed by atoms with Crippen molar-refractivity contribution in [2.75, 3.05) is 18.9 Å². The molecule has 0 aliphatic heterocycles. The van der Waals surface area contributed by atoms with Crippen LogP contribution in [0, 0.1) is 5.82 Å². The number of carbonyl (C=O) groups is 3. The molecule has 2 heterocycles. The largest absolute Gasteiger partial charge is 0.358 e. The second-order valence-corrected chi connectivity index (χ2v) is 8.43. The van der Waals surface area contributed by atoms with Gasteiger partial charge in [-0.15, -0.1) is 0 Å². The molecular formula is C25H19Cl2FN6O3. The Morgan fingerprint density at radius 1 is 0.973 bits per heavy atom. The Bertz CT molecular complexity index is 1490. The van der Waals surface area contributed by atoms with Crippen LogP contribution in [0.15, 0.2) is 66.9 Å². The Balaban J connectivity index is 1.69. The highest BCUT2D eigenvalue weighted by Gasteiger charge is 2.21. The molecule has 12 heteroatoms. The lowest BCUT2D eigenvalue weighted by Gasteiger charge is -2.12. The molecule has 37 heavy (non-hydrogen) atoms. The number of nitrogens with zero attached hydrogens (tertiary/aromatic N) is 3. The minimum atomic E-state index is -0.659. The highest BCUT2D eigenvalue weighted by atomic mass is 35.5. The lowest BCUT2D eigenvalue weighted by molar-refractivity contribution is -0.119. The summed E-state index contributed by atoms with van der Waals surface area (Å²) in [5, 5.41) is 12.0. The van der Waals surface area contributed by atoms with Crippen LogP contribution >= 0.6 is 23.2 Å². The topological polar surface area (TPSA) is 118 Å². The van der Waals surface area contributed by atoms with Crippen molar-refractivity contribution in [2.45, 2.75) is 0 Å². The fourth-order valence-corrected chi connectivity index (χ4v) is 3.92. The average molecular weight is 541 g/mol. The number of nitrogens with one attached hydrogen (secondary N) is 3. The minimum absolute atomic E-state index is 0.00227. The van der Waals surface area contributed by atoms with Gasteiger partial charge >= 0.3 is 0 Å². The summed E-state index contributed by atoms with van der Waals surface area (Å²) in [5.74, 6) is -2.13. The molecule has 2 aromatic heterocycles. The van der Waals surface area contributed by atoms with E-state index in [1.54, 1.807) is 30.3 Å². The Kier molecular flexibility index (Phi) is 7.80. The minimum Gasteiger partial charge on any atom is -0.358 e. The van der Waals surface area contributed by atoms with Crippen LogP contribution in [0.2, 0.25) is 10.0 Å². The molecule has 2 aromatic carbocycles. The van der Waals surface area contributed by atoms with Crippen molar-refractivity contribution < 1.29 is 18.8 Å². The van der Waals surface area contributed by atoms with Gasteiger partial charge in [-0.05, 0) is 36.4 Å². The van der Waals surface area contributed by atoms with Gasteiger partial charge in [-0.25, -0.2) is 9.07 Å². The molecule has 9 nitrogen and oxygen atoms in total. The second kappa shape index (κ2) is 11.2. The van der Waals surface area contributed by atoms with Gasteiger partial charge in [-0.3, -0.25) is 19.4 Å². The van der Waals surface area contributed by atoms with Crippen molar-refractivity contribution in [3.8, 4) is 16.9 Å². The zero-order valence-corrected chi connectivity index (χ0v) is 20.8. The van der Waals surface area contributed by atoms with Crippen LogP contribution in [0.4, 0.5) is 10.2 Å². The van der Waals surface area contributed by atoms with Gasteiger partial charge in [0.05, 0.1) is 27.8 Å². The van der Waals surface area contributed by atoms with Gasteiger partial charge in [0, 0.05) is 24.9 Å². The molecular weight excluding hydrogens is 522 g/mol. The molecule has 188 valence electrons. The molecule has 4 rings (SSSR count). The fraction of sp³-hybridized carbons (Fsp3) is 0.0800. The maximum atomic E-state index is 14.4. The lowest BCUT2D eigenvalue weighted by atomic mass is 10.1. The number of halogens is 3. The maximum Gasteiger partial charge on any atom is 0.272 e. The molecule has 0 saturated heterocycles. The predicted octanol–water partition coefficient (Wildman–Crippen LogP) is 4.11. The molecule has 3 N–H and O–H groups in total. The first-order valence-corrected chi connectivity index (χ1v) is 11.6. The molecule has 0 spiro atoms. The van der Waals surface area contributed by atoms with E-state index in [0.717, 1.165) is 0 Å². The van der Waals surface area contributed by atoms with Crippen LogP contribution in [0.1, 0.15) is 20.8 Å². The van der Waals surface area contributed by atoms with Crippen LogP contribution in [-0.4, -0.2) is 46.1 Å². The van der Waals surface area contributed by atoms with E-state index in [4.69, 9.17) is 23.2 Å². The zero-order chi connectivity index (χ0) is 26.5. The molecule has 0 bridgehead atoms. The van der Waals surface area contributed by atoms with Crippen molar-refractivity contribution in [1.82, 2.24) is 25.4 Å². The highest BCUT2D eigenvalue weighted by molar-refractivity contribution is 6.38. The molecule has 0 aliphatic rings. The Morgan fingerprint density at radius 2 is 1.73 bits per heavy atom. The number of benzene rings is 2. The number of hydrogen-bond acceptors (Lipinski definition) is 5. The summed E-state index contributed by atoms with van der Waals surface area (Å²) in [6.07, 6.45) is 1.40. The summed E-state index contributed by atoms with van der Waals surface area (Å²) in [5.41, 5.74) is 0.656. The summed E-state index contributed by atoms with van der Waals surface area (Å²) < 4.78 is 15.7. The van der Waals surface area contributed by atoms with Gasteiger partial charge in [0.25, 0.3) is 11.8 Å². The number of hydrogen-bond donors (Lipinski definition) is 3. The van der Waals surface area contributed by atoms with E-state index in [2.05, 4.69) is 26.0 Å². The summed E-state index contributed by atoms with van der Waals surface area (Å²) in [6.45, 7) is -0.248. The molecule has 0 radical (unpaired) electrons. The van der Waals surface area contributed by atoms with Crippen LogP contribution in [-0.2, 0) is 4.79 Å². The van der Waals surface area contributed by atoms with Crippen LogP contribution in [0.25, 0.3) is 16.9 Å². The van der Waals surface area contributed by atoms with E-state index >= 15 is 0 Å². The van der Waals surface area contributed by atoms with Crippen LogP contribution in [0.3, 0.4) is 0 Å². The zero-order valence-electron chi connectivity index (χ0n) is 19.3. The van der Waals surface area contributed by atoms with Crippen molar-refractivity contribution in [2.24, 2.45) is 0 Å². The molecule has 0 unspecified atom stereocenters. The van der Waals surface area contributed by atoms with Crippen molar-refractivity contribution in [1.29, 1.82) is 0 Å². The number of anilines is 1. The van der Waals surface area contributed by atoms with Gasteiger partial charge in [0.15, 0.2) is 5.69 Å². The van der Waals surface area contributed by atoms with Crippen LogP contribution < -0.4 is 16.0 Å². The van der Waals surface area contributed by atoms with Gasteiger partial charge < -0.3 is 16.0 Å². The molecule has 3 amide bonds. The van der Waals surface area contributed by atoms with Gasteiger partial charge in [-0.1, -0.05) is 41.4 Å². The van der Waals surface area contributed by atoms with Crippen molar-refractivity contribution >= 4 is 46.7 Å². The third kappa shape index (κ3) is 5.76. The number of amides is 3. The van der Waals surface area contributed by atoms with E-state index in [1.165, 1.54) is 48.3 Å². The smallest absolute Gasteiger partial charge is 0.272 e. The highest BCUT2D eigenvalue weighted by Crippen LogP contribution is 2.33. The Morgan fingerprint density at radius 3 is 2.43 bits per heavy atom. The molecule has 4 aromatic rings. The fourth-order valence-electron chi connectivity index (χ4n) is 3.36. The van der Waals surface area contributed by atoms with E-state index in [0.29, 0.717) is 5.69 Å². The SMILES string of the molecule is CNC(=O)CNC(=O)c1cc(NC(=O)c2cc(-c3ncccc3F)c(Cl)cc2Cl)n(-c2ccccc2)n1. The van der Waals surface area contributed by atoms with E-state index < -0.39 is 17.6 Å². The number of carbonyl (C=O) groups excluding carboxylic acids is 3. The molecule has 0 atom stereocenters. The Labute approximate surface area is 220 Å². The monoisotopic (exact) mass is 540 g/mol. The molecule has 0 fully saturated rings. The second-order valence-electron chi connectivity index (χ2n) is 7.62. The quantitative estimate of drug-likeness (QED) is 0.326. The maximum absolute atomic E-state index is 14.4. The summed E-state index contributed by atoms with van der Waals surface area (Å²) in [4.78, 5) is 41.4. The first-order chi connectivity index (χ1) is 17.8. The van der Waals surface area contributed by atoms with Crippen molar-refractivity contribution in [3.63, 3.8) is 0 Å². The van der Waals surface area contributed by atoms with Gasteiger partial charge in [0.2, 0.25) is 5.91 Å². The normalized spacial score (nSPS) is 10.6. The summed E-state index contributed by atoms with van der Waals surface area (Å²) >= 11 is 12.6. The third-order valence-electron chi connectivity index (χ3n) is 5.19.